The van der Waals surface area contributed by atoms with Gasteiger partial charge in [0.2, 0.25) is 20.7 Å². The smallest absolute Gasteiger partial charge is 0.359 e. The summed E-state index contributed by atoms with van der Waals surface area (Å²) in [5.41, 5.74) is 6.93. The molecule has 0 radical (unpaired) electrons. The Morgan fingerprint density at radius 2 is 1.24 bits per heavy atom. The van der Waals surface area contributed by atoms with E-state index in [-0.39, 0.29) is 4.90 Å². The Hall–Kier alpha value is -4.87. The van der Waals surface area contributed by atoms with Crippen molar-refractivity contribution in [1.29, 1.82) is 0 Å². The van der Waals surface area contributed by atoms with Crippen LogP contribution < -0.4 is 5.73 Å². The van der Waals surface area contributed by atoms with Gasteiger partial charge in [-0.15, -0.1) is 0 Å². The third-order valence-corrected chi connectivity index (χ3v) is 11.1. The van der Waals surface area contributed by atoms with Gasteiger partial charge in [0.15, 0.2) is 11.8 Å². The molecule has 0 spiro atoms. The van der Waals surface area contributed by atoms with Gasteiger partial charge in [0.05, 0.1) is 16.7 Å². The molecule has 1 fully saturated rings. The first-order chi connectivity index (χ1) is 21.6. The molecule has 1 aliphatic rings. The number of nitrogens with two attached hydrogens (primary N) is 1. The fraction of sp³-hybridized carbons (Fsp3) is 0.147. The molecular weight excluding hydrogens is 613 g/mol. The van der Waals surface area contributed by atoms with Crippen LogP contribution in [-0.4, -0.2) is 41.6 Å². The lowest BCUT2D eigenvalue weighted by Gasteiger charge is -2.48. The van der Waals surface area contributed by atoms with E-state index >= 15 is 0 Å². The van der Waals surface area contributed by atoms with Gasteiger partial charge in [-0.05, 0) is 46.5 Å². The minimum atomic E-state index is -4.13. The molecule has 45 heavy (non-hydrogen) atoms. The Balaban J connectivity index is 1.56. The number of rotatable bonds is 11. The zero-order valence-electron chi connectivity index (χ0n) is 24.1. The molecule has 5 rings (SSSR count). The summed E-state index contributed by atoms with van der Waals surface area (Å²) in [6.45, 7) is 1.20. The van der Waals surface area contributed by atoms with Crippen LogP contribution in [0.2, 0.25) is 0 Å². The normalized spacial score (nSPS) is 17.6. The molecule has 1 aliphatic heterocycles. The maximum absolute atomic E-state index is 13.9. The average Bonchev–Trinajstić information content (AvgIpc) is 3.05. The van der Waals surface area contributed by atoms with Crippen molar-refractivity contribution in [2.45, 2.75) is 29.2 Å². The standard InChI is InChI=1S/C34H30N2O7S2/c1-22(37)29(34(40)43-30(24-16-8-3-9-17-24)25-18-10-4-11-19-25)36-32(39)28(27(31(35)38)23-14-6-2-7-15-23)33(36)44-45(41,42)26-20-12-5-13-21-26/h2-21,27-28,30,33,37H,1H3,(H2,35,38). The van der Waals surface area contributed by atoms with Crippen LogP contribution in [-0.2, 0) is 28.0 Å². The van der Waals surface area contributed by atoms with Crippen molar-refractivity contribution < 1.29 is 32.6 Å². The topological polar surface area (TPSA) is 144 Å². The van der Waals surface area contributed by atoms with E-state index in [4.69, 9.17) is 10.5 Å². The van der Waals surface area contributed by atoms with Gasteiger partial charge in [0.25, 0.3) is 0 Å². The van der Waals surface area contributed by atoms with E-state index in [9.17, 15) is 27.9 Å². The highest BCUT2D eigenvalue weighted by molar-refractivity contribution is 8.72. The minimum absolute atomic E-state index is 0.0366. The summed E-state index contributed by atoms with van der Waals surface area (Å²) in [6.07, 6.45) is -0.914. The van der Waals surface area contributed by atoms with E-state index in [0.29, 0.717) is 27.5 Å². The first-order valence-corrected chi connectivity index (χ1v) is 16.8. The summed E-state index contributed by atoms with van der Waals surface area (Å²) in [5, 5.41) is 9.49. The lowest BCUT2D eigenvalue weighted by Crippen LogP contribution is -2.63. The summed E-state index contributed by atoms with van der Waals surface area (Å²) in [5.74, 6) is -5.71. The van der Waals surface area contributed by atoms with E-state index < -0.39 is 61.4 Å². The number of hydrogen-bond acceptors (Lipinski definition) is 8. The molecular formula is C34H30N2O7S2. The van der Waals surface area contributed by atoms with E-state index in [0.717, 1.165) is 4.90 Å². The number of hydrogen-bond donors (Lipinski definition) is 2. The fourth-order valence-corrected chi connectivity index (χ4v) is 8.90. The van der Waals surface area contributed by atoms with Crippen LogP contribution in [0.5, 0.6) is 0 Å². The van der Waals surface area contributed by atoms with Gasteiger partial charge in [0, 0.05) is 0 Å². The van der Waals surface area contributed by atoms with E-state index in [1.165, 1.54) is 19.1 Å². The van der Waals surface area contributed by atoms with Gasteiger partial charge in [-0.2, -0.15) is 0 Å². The highest BCUT2D eigenvalue weighted by Gasteiger charge is 2.58. The van der Waals surface area contributed by atoms with E-state index in [2.05, 4.69) is 0 Å². The zero-order chi connectivity index (χ0) is 32.1. The average molecular weight is 643 g/mol. The number of carbonyl (C=O) groups excluding carboxylic acids is 3. The number of amides is 2. The monoisotopic (exact) mass is 642 g/mol. The molecule has 3 unspecified atom stereocenters. The molecule has 0 saturated carbocycles. The molecule has 1 saturated heterocycles. The third kappa shape index (κ3) is 6.64. The van der Waals surface area contributed by atoms with Gasteiger partial charge in [-0.3, -0.25) is 14.5 Å². The van der Waals surface area contributed by atoms with Gasteiger partial charge in [0.1, 0.15) is 11.1 Å². The van der Waals surface area contributed by atoms with Crippen molar-refractivity contribution in [3.8, 4) is 0 Å². The summed E-state index contributed by atoms with van der Waals surface area (Å²) in [6, 6.07) is 33.7. The van der Waals surface area contributed by atoms with Crippen LogP contribution >= 0.6 is 10.8 Å². The second-order valence-corrected chi connectivity index (χ2v) is 14.3. The maximum atomic E-state index is 13.9. The van der Waals surface area contributed by atoms with Gasteiger partial charge in [-0.25, -0.2) is 13.2 Å². The maximum Gasteiger partial charge on any atom is 0.359 e. The number of nitrogens with zero attached hydrogens (tertiary/aromatic N) is 1. The second kappa shape index (κ2) is 13.4. The summed E-state index contributed by atoms with van der Waals surface area (Å²) in [4.78, 5) is 41.5. The Morgan fingerprint density at radius 1 is 0.800 bits per heavy atom. The predicted molar refractivity (Wildman–Crippen MR) is 170 cm³/mol. The van der Waals surface area contributed by atoms with Gasteiger partial charge >= 0.3 is 5.97 Å². The number of likely N-dealkylation sites (tertiary alicyclic amines) is 1. The quantitative estimate of drug-likeness (QED) is 0.0739. The van der Waals surface area contributed by atoms with E-state index in [1.807, 2.05) is 12.1 Å². The number of esters is 1. The number of carbonyl (C=O) groups is 3. The zero-order valence-corrected chi connectivity index (χ0v) is 25.7. The molecule has 0 aliphatic carbocycles. The number of primary amides is 1. The molecule has 3 N–H and O–H groups in total. The largest absolute Gasteiger partial charge is 0.510 e. The van der Waals surface area contributed by atoms with Crippen LogP contribution in [0.25, 0.3) is 0 Å². The summed E-state index contributed by atoms with van der Waals surface area (Å²) in [7, 11) is -3.74. The predicted octanol–water partition coefficient (Wildman–Crippen LogP) is 5.28. The molecule has 3 atom stereocenters. The Morgan fingerprint density at radius 3 is 1.69 bits per heavy atom. The summed E-state index contributed by atoms with van der Waals surface area (Å²) >= 11 is 0. The number of β-lactam (4-membered cyclic amide) rings is 1. The number of aliphatic hydroxyl groups excluding tert-OH is 1. The minimum Gasteiger partial charge on any atom is -0.510 e. The molecule has 1 heterocycles. The number of allylic oxidation sites excluding steroid dienone is 1. The molecule has 4 aromatic carbocycles. The van der Waals surface area contributed by atoms with Crippen molar-refractivity contribution in [3.63, 3.8) is 0 Å². The second-order valence-electron chi connectivity index (χ2n) is 10.3. The lowest BCUT2D eigenvalue weighted by atomic mass is 9.79. The highest BCUT2D eigenvalue weighted by Crippen LogP contribution is 2.49. The van der Waals surface area contributed by atoms with E-state index in [1.54, 1.807) is 97.1 Å². The molecule has 0 bridgehead atoms. The molecule has 9 nitrogen and oxygen atoms in total. The van der Waals surface area contributed by atoms with Crippen molar-refractivity contribution >= 4 is 37.4 Å². The van der Waals surface area contributed by atoms with Crippen molar-refractivity contribution in [3.05, 3.63) is 149 Å². The SMILES string of the molecule is CC(O)=C(C(=O)OC(c1ccccc1)c1ccccc1)N1C(=O)C(C(C(N)=O)c2ccccc2)C1SS(=O)(=O)c1ccccc1. The molecule has 4 aromatic rings. The first kappa shape index (κ1) is 31.6. The molecule has 230 valence electrons. The van der Waals surface area contributed by atoms with Crippen LogP contribution in [0.3, 0.4) is 0 Å². The first-order valence-electron chi connectivity index (χ1n) is 14.0. The van der Waals surface area contributed by atoms with Gasteiger partial charge < -0.3 is 15.6 Å². The number of ether oxygens (including phenoxy) is 1. The Labute approximate surface area is 264 Å². The molecule has 0 aromatic heterocycles. The molecule has 2 amide bonds. The fourth-order valence-electron chi connectivity index (χ4n) is 5.28. The van der Waals surface area contributed by atoms with Crippen LogP contribution in [0, 0.1) is 5.92 Å². The third-order valence-electron chi connectivity index (χ3n) is 7.37. The molecule has 11 heteroatoms. The number of benzene rings is 4. The lowest BCUT2D eigenvalue weighted by molar-refractivity contribution is -0.158. The van der Waals surface area contributed by atoms with Crippen LogP contribution in [0.15, 0.2) is 138 Å². The number of aliphatic hydroxyl groups is 1. The van der Waals surface area contributed by atoms with Crippen molar-refractivity contribution in [2.24, 2.45) is 11.7 Å². The summed E-state index contributed by atoms with van der Waals surface area (Å²) < 4.78 is 33.1. The Bertz CT molecular complexity index is 1770. The Kier molecular flexibility index (Phi) is 9.40. The van der Waals surface area contributed by atoms with Crippen LogP contribution in [0.1, 0.15) is 35.6 Å². The highest BCUT2D eigenvalue weighted by atomic mass is 33.1. The van der Waals surface area contributed by atoms with Crippen LogP contribution in [0.4, 0.5) is 0 Å². The van der Waals surface area contributed by atoms with Gasteiger partial charge in [-0.1, -0.05) is 109 Å². The van der Waals surface area contributed by atoms with Crippen molar-refractivity contribution in [2.75, 3.05) is 0 Å². The van der Waals surface area contributed by atoms with Crippen molar-refractivity contribution in [1.82, 2.24) is 4.90 Å².